The highest BCUT2D eigenvalue weighted by molar-refractivity contribution is 5.30. The van der Waals surface area contributed by atoms with E-state index in [1.54, 1.807) is 0 Å². The maximum absolute atomic E-state index is 5.69. The third-order valence-electron chi connectivity index (χ3n) is 2.67. The van der Waals surface area contributed by atoms with Crippen LogP contribution in [0.2, 0.25) is 0 Å². The Bertz CT molecular complexity index is 494. The third kappa shape index (κ3) is 3.31. The quantitative estimate of drug-likeness (QED) is 0.875. The lowest BCUT2D eigenvalue weighted by molar-refractivity contribution is 0.460. The molecule has 0 aliphatic heterocycles. The minimum absolute atomic E-state index is 0.423. The largest absolute Gasteiger partial charge is 0.439 e. The van der Waals surface area contributed by atoms with E-state index in [-0.39, 0.29) is 0 Å². The number of pyridine rings is 1. The van der Waals surface area contributed by atoms with E-state index in [1.807, 2.05) is 30.3 Å². The molecule has 0 atom stereocenters. The minimum Gasteiger partial charge on any atom is -0.439 e. The molecule has 2 aromatic rings. The van der Waals surface area contributed by atoms with Crippen molar-refractivity contribution in [2.45, 2.75) is 26.3 Å². The molecule has 0 saturated carbocycles. The molecule has 94 valence electrons. The number of hydrogen-bond donors (Lipinski definition) is 1. The molecule has 18 heavy (non-hydrogen) atoms. The SMILES string of the molecule is CCCc1ccc(Oc2cccc(CN)n2)cc1. The second-order valence-corrected chi connectivity index (χ2v) is 4.17. The predicted molar refractivity (Wildman–Crippen MR) is 72.6 cm³/mol. The molecular formula is C15H18N2O. The molecule has 0 saturated heterocycles. The fourth-order valence-corrected chi connectivity index (χ4v) is 1.76. The Labute approximate surface area is 108 Å². The number of nitrogens with two attached hydrogens (primary N) is 1. The van der Waals surface area contributed by atoms with Crippen molar-refractivity contribution in [1.82, 2.24) is 4.98 Å². The van der Waals surface area contributed by atoms with Crippen molar-refractivity contribution in [3.63, 3.8) is 0 Å². The molecule has 3 nitrogen and oxygen atoms in total. The summed E-state index contributed by atoms with van der Waals surface area (Å²) in [7, 11) is 0. The summed E-state index contributed by atoms with van der Waals surface area (Å²) in [6.07, 6.45) is 2.25. The van der Waals surface area contributed by atoms with Crippen LogP contribution in [-0.2, 0) is 13.0 Å². The molecule has 0 fully saturated rings. The van der Waals surface area contributed by atoms with Gasteiger partial charge in [0.1, 0.15) is 5.75 Å². The van der Waals surface area contributed by atoms with Crippen LogP contribution < -0.4 is 10.5 Å². The lowest BCUT2D eigenvalue weighted by Crippen LogP contribution is -2.00. The van der Waals surface area contributed by atoms with Gasteiger partial charge in [0.05, 0.1) is 5.69 Å². The fourth-order valence-electron chi connectivity index (χ4n) is 1.76. The van der Waals surface area contributed by atoms with Crippen LogP contribution in [0.5, 0.6) is 11.6 Å². The van der Waals surface area contributed by atoms with Crippen LogP contribution in [0, 0.1) is 0 Å². The molecule has 0 bridgehead atoms. The van der Waals surface area contributed by atoms with Crippen molar-refractivity contribution in [1.29, 1.82) is 0 Å². The van der Waals surface area contributed by atoms with Gasteiger partial charge in [-0.25, -0.2) is 4.98 Å². The smallest absolute Gasteiger partial charge is 0.219 e. The molecular weight excluding hydrogens is 224 g/mol. The normalized spacial score (nSPS) is 10.3. The first-order chi connectivity index (χ1) is 8.81. The van der Waals surface area contributed by atoms with Crippen LogP contribution >= 0.6 is 0 Å². The Kier molecular flexibility index (Phi) is 4.31. The van der Waals surface area contributed by atoms with E-state index < -0.39 is 0 Å². The first-order valence-corrected chi connectivity index (χ1v) is 6.24. The third-order valence-corrected chi connectivity index (χ3v) is 2.67. The van der Waals surface area contributed by atoms with Gasteiger partial charge in [-0.1, -0.05) is 31.5 Å². The van der Waals surface area contributed by atoms with Gasteiger partial charge in [-0.3, -0.25) is 0 Å². The Hall–Kier alpha value is -1.87. The maximum atomic E-state index is 5.69. The molecule has 0 aliphatic rings. The van der Waals surface area contributed by atoms with Crippen LogP contribution in [-0.4, -0.2) is 4.98 Å². The monoisotopic (exact) mass is 242 g/mol. The second-order valence-electron chi connectivity index (χ2n) is 4.17. The van der Waals surface area contributed by atoms with Gasteiger partial charge in [0.2, 0.25) is 5.88 Å². The Morgan fingerprint density at radius 2 is 1.89 bits per heavy atom. The topological polar surface area (TPSA) is 48.1 Å². The van der Waals surface area contributed by atoms with Crippen LogP contribution in [0.15, 0.2) is 42.5 Å². The molecule has 1 aromatic carbocycles. The number of hydrogen-bond acceptors (Lipinski definition) is 3. The maximum Gasteiger partial charge on any atom is 0.219 e. The van der Waals surface area contributed by atoms with E-state index in [1.165, 1.54) is 5.56 Å². The highest BCUT2D eigenvalue weighted by Gasteiger charge is 2.00. The zero-order valence-electron chi connectivity index (χ0n) is 10.6. The summed E-state index contributed by atoms with van der Waals surface area (Å²) in [6, 6.07) is 13.7. The number of benzene rings is 1. The highest BCUT2D eigenvalue weighted by Crippen LogP contribution is 2.20. The first-order valence-electron chi connectivity index (χ1n) is 6.24. The van der Waals surface area contributed by atoms with Gasteiger partial charge < -0.3 is 10.5 Å². The van der Waals surface area contributed by atoms with Gasteiger partial charge in [0.25, 0.3) is 0 Å². The number of ether oxygens (including phenoxy) is 1. The predicted octanol–water partition coefficient (Wildman–Crippen LogP) is 3.29. The van der Waals surface area contributed by atoms with Gasteiger partial charge in [-0.05, 0) is 30.2 Å². The van der Waals surface area contributed by atoms with E-state index >= 15 is 0 Å². The highest BCUT2D eigenvalue weighted by atomic mass is 16.5. The number of aryl methyl sites for hydroxylation is 1. The number of rotatable bonds is 5. The molecule has 3 heteroatoms. The lowest BCUT2D eigenvalue weighted by atomic mass is 10.1. The van der Waals surface area contributed by atoms with Crippen LogP contribution in [0.4, 0.5) is 0 Å². The van der Waals surface area contributed by atoms with Gasteiger partial charge in [0, 0.05) is 12.6 Å². The zero-order chi connectivity index (χ0) is 12.8. The van der Waals surface area contributed by atoms with E-state index in [2.05, 4.69) is 24.0 Å². The Morgan fingerprint density at radius 3 is 2.56 bits per heavy atom. The average Bonchev–Trinajstić information content (AvgIpc) is 2.42. The van der Waals surface area contributed by atoms with Crippen molar-refractivity contribution in [3.05, 3.63) is 53.7 Å². The van der Waals surface area contributed by atoms with Crippen LogP contribution in [0.1, 0.15) is 24.6 Å². The summed E-state index contributed by atoms with van der Waals surface area (Å²) in [4.78, 5) is 4.30. The summed E-state index contributed by atoms with van der Waals surface area (Å²) in [5.74, 6) is 1.39. The summed E-state index contributed by atoms with van der Waals surface area (Å²) < 4.78 is 5.69. The first kappa shape index (κ1) is 12.6. The molecule has 0 aliphatic carbocycles. The molecule has 1 aromatic heterocycles. The number of aromatic nitrogens is 1. The standard InChI is InChI=1S/C15H18N2O/c1-2-4-12-7-9-14(10-8-12)18-15-6-3-5-13(11-16)17-15/h3,5-10H,2,4,11,16H2,1H3. The molecule has 0 radical (unpaired) electrons. The molecule has 0 amide bonds. The lowest BCUT2D eigenvalue weighted by Gasteiger charge is -2.06. The van der Waals surface area contributed by atoms with Crippen molar-refractivity contribution in [3.8, 4) is 11.6 Å². The van der Waals surface area contributed by atoms with E-state index in [0.717, 1.165) is 24.3 Å². The van der Waals surface area contributed by atoms with E-state index in [4.69, 9.17) is 10.5 Å². The summed E-state index contributed by atoms with van der Waals surface area (Å²) in [5, 5.41) is 0. The van der Waals surface area contributed by atoms with Gasteiger partial charge in [-0.2, -0.15) is 0 Å². The zero-order valence-corrected chi connectivity index (χ0v) is 10.6. The van der Waals surface area contributed by atoms with Crippen molar-refractivity contribution < 1.29 is 4.74 Å². The number of nitrogens with zero attached hydrogens (tertiary/aromatic N) is 1. The summed E-state index contributed by atoms with van der Waals surface area (Å²) in [5.41, 5.74) is 7.70. The van der Waals surface area contributed by atoms with E-state index in [0.29, 0.717) is 12.4 Å². The average molecular weight is 242 g/mol. The van der Waals surface area contributed by atoms with Crippen LogP contribution in [0.3, 0.4) is 0 Å². The second kappa shape index (κ2) is 6.17. The van der Waals surface area contributed by atoms with E-state index in [9.17, 15) is 0 Å². The van der Waals surface area contributed by atoms with Crippen molar-refractivity contribution in [2.24, 2.45) is 5.73 Å². The molecule has 2 rings (SSSR count). The fraction of sp³-hybridized carbons (Fsp3) is 0.267. The van der Waals surface area contributed by atoms with Crippen molar-refractivity contribution in [2.75, 3.05) is 0 Å². The van der Waals surface area contributed by atoms with Gasteiger partial charge in [-0.15, -0.1) is 0 Å². The Balaban J connectivity index is 2.08. The van der Waals surface area contributed by atoms with Crippen LogP contribution in [0.25, 0.3) is 0 Å². The van der Waals surface area contributed by atoms with Gasteiger partial charge >= 0.3 is 0 Å². The minimum atomic E-state index is 0.423. The Morgan fingerprint density at radius 1 is 1.11 bits per heavy atom. The molecule has 0 unspecified atom stereocenters. The molecule has 1 heterocycles. The summed E-state index contributed by atoms with van der Waals surface area (Å²) >= 11 is 0. The summed E-state index contributed by atoms with van der Waals surface area (Å²) in [6.45, 7) is 2.60. The molecule has 0 spiro atoms. The van der Waals surface area contributed by atoms with Gasteiger partial charge in [0.15, 0.2) is 0 Å². The molecule has 2 N–H and O–H groups in total. The van der Waals surface area contributed by atoms with Crippen molar-refractivity contribution >= 4 is 0 Å².